The number of benzene rings is 2. The molecule has 0 saturated heterocycles. The lowest BCUT2D eigenvalue weighted by atomic mass is 9.82. The van der Waals surface area contributed by atoms with Gasteiger partial charge in [0.1, 0.15) is 0 Å². The molecule has 0 radical (unpaired) electrons. The number of aryl methyl sites for hydroxylation is 2. The van der Waals surface area contributed by atoms with Gasteiger partial charge in [0.05, 0.1) is 16.7 Å². The van der Waals surface area contributed by atoms with Crippen LogP contribution >= 0.6 is 0 Å². The summed E-state index contributed by atoms with van der Waals surface area (Å²) in [6.07, 6.45) is 8.52. The molecule has 2 atom stereocenters. The molecule has 3 rings (SSSR count). The highest BCUT2D eigenvalue weighted by Gasteiger charge is 2.35. The zero-order valence-electron chi connectivity index (χ0n) is 28.2. The fourth-order valence-electron chi connectivity index (χ4n) is 4.85. The number of hydrogen-bond acceptors (Lipinski definition) is 7. The predicted octanol–water partition coefficient (Wildman–Crippen LogP) is 5.66. The van der Waals surface area contributed by atoms with Crippen LogP contribution in [-0.4, -0.2) is 52.4 Å². The molecule has 0 aliphatic rings. The van der Waals surface area contributed by atoms with Crippen LogP contribution in [0, 0.1) is 30.6 Å². The van der Waals surface area contributed by atoms with Crippen molar-refractivity contribution in [1.29, 1.82) is 0 Å². The molecule has 3 aromatic rings. The minimum absolute atomic E-state index is 0.0666. The third-order valence-corrected chi connectivity index (χ3v) is 8.13. The van der Waals surface area contributed by atoms with Gasteiger partial charge < -0.3 is 0 Å². The van der Waals surface area contributed by atoms with E-state index in [9.17, 15) is 28.0 Å². The molecular formula is C36H48N4O7S. The Balaban J connectivity index is 0.000000613. The minimum atomic E-state index is -4.02. The molecule has 0 bridgehead atoms. The SMILES string of the molecule is CC(C)C[C@@H](C(=O)NN(CC(C)C)C(=O)CCc1cccnc1)[C@H](CC=Cc1ccccc1)C(=O)NO.Cc1ccc(S(=O)(=O)O)cc1. The van der Waals surface area contributed by atoms with Crippen LogP contribution in [0.3, 0.4) is 0 Å². The summed E-state index contributed by atoms with van der Waals surface area (Å²) >= 11 is 0. The second kappa shape index (κ2) is 20.1. The number of rotatable bonds is 14. The first-order chi connectivity index (χ1) is 22.7. The van der Waals surface area contributed by atoms with Gasteiger partial charge in [-0.05, 0) is 67.3 Å². The molecule has 0 fully saturated rings. The van der Waals surface area contributed by atoms with Crippen LogP contribution in [0.4, 0.5) is 0 Å². The third kappa shape index (κ3) is 14.6. The molecule has 260 valence electrons. The number of aromatic nitrogens is 1. The van der Waals surface area contributed by atoms with E-state index in [1.807, 2.05) is 89.2 Å². The van der Waals surface area contributed by atoms with Gasteiger partial charge >= 0.3 is 0 Å². The van der Waals surface area contributed by atoms with Gasteiger partial charge in [0.2, 0.25) is 17.7 Å². The number of hydrogen-bond donors (Lipinski definition) is 4. The number of allylic oxidation sites excluding steroid dienone is 1. The predicted molar refractivity (Wildman–Crippen MR) is 185 cm³/mol. The Morgan fingerprint density at radius 1 is 0.896 bits per heavy atom. The van der Waals surface area contributed by atoms with Crippen LogP contribution in [0.5, 0.6) is 0 Å². The molecule has 4 N–H and O–H groups in total. The van der Waals surface area contributed by atoms with Gasteiger partial charge in [-0.2, -0.15) is 8.42 Å². The number of carbonyl (C=O) groups is 3. The molecule has 1 heterocycles. The van der Waals surface area contributed by atoms with E-state index in [0.717, 1.165) is 16.7 Å². The number of pyridine rings is 1. The maximum Gasteiger partial charge on any atom is 0.294 e. The second-order valence-electron chi connectivity index (χ2n) is 12.4. The fraction of sp³-hybridized carbons (Fsp3) is 0.389. The number of hydrazine groups is 1. The van der Waals surface area contributed by atoms with Crippen molar-refractivity contribution in [3.8, 4) is 0 Å². The average molecular weight is 681 g/mol. The molecule has 11 nitrogen and oxygen atoms in total. The van der Waals surface area contributed by atoms with Crippen molar-refractivity contribution in [1.82, 2.24) is 20.9 Å². The molecule has 3 amide bonds. The van der Waals surface area contributed by atoms with Crippen LogP contribution in [0.15, 0.2) is 90.1 Å². The Labute approximate surface area is 284 Å². The number of hydroxylamine groups is 1. The van der Waals surface area contributed by atoms with Crippen molar-refractivity contribution in [3.05, 3.63) is 102 Å². The van der Waals surface area contributed by atoms with E-state index >= 15 is 0 Å². The topological polar surface area (TPSA) is 166 Å². The van der Waals surface area contributed by atoms with Crippen molar-refractivity contribution in [2.45, 2.75) is 65.2 Å². The number of amides is 3. The lowest BCUT2D eigenvalue weighted by Gasteiger charge is -2.30. The lowest BCUT2D eigenvalue weighted by Crippen LogP contribution is -2.52. The molecule has 2 aromatic carbocycles. The molecule has 0 saturated carbocycles. The quantitative estimate of drug-likeness (QED) is 0.0962. The smallest absolute Gasteiger partial charge is 0.289 e. The van der Waals surface area contributed by atoms with E-state index in [1.54, 1.807) is 30.0 Å². The normalized spacial score (nSPS) is 12.6. The van der Waals surface area contributed by atoms with Crippen molar-refractivity contribution in [2.75, 3.05) is 6.54 Å². The van der Waals surface area contributed by atoms with Crippen molar-refractivity contribution < 1.29 is 32.6 Å². The summed E-state index contributed by atoms with van der Waals surface area (Å²) in [5, 5.41) is 10.8. The third-order valence-electron chi connectivity index (χ3n) is 7.26. The van der Waals surface area contributed by atoms with Gasteiger partial charge in [-0.1, -0.05) is 93.9 Å². The van der Waals surface area contributed by atoms with Crippen LogP contribution < -0.4 is 10.9 Å². The number of nitrogens with one attached hydrogen (secondary N) is 2. The van der Waals surface area contributed by atoms with Gasteiger partial charge in [0, 0.05) is 25.4 Å². The number of carbonyl (C=O) groups excluding carboxylic acids is 3. The highest BCUT2D eigenvalue weighted by Crippen LogP contribution is 2.26. The van der Waals surface area contributed by atoms with Crippen LogP contribution in [0.25, 0.3) is 6.08 Å². The summed E-state index contributed by atoms with van der Waals surface area (Å²) < 4.78 is 29.6. The Morgan fingerprint density at radius 2 is 1.56 bits per heavy atom. The van der Waals surface area contributed by atoms with Crippen molar-refractivity contribution in [2.24, 2.45) is 23.7 Å². The summed E-state index contributed by atoms with van der Waals surface area (Å²) in [5.41, 5.74) is 7.40. The zero-order valence-corrected chi connectivity index (χ0v) is 29.1. The molecule has 1 aromatic heterocycles. The van der Waals surface area contributed by atoms with Crippen molar-refractivity contribution >= 4 is 33.9 Å². The summed E-state index contributed by atoms with van der Waals surface area (Å²) in [4.78, 5) is 43.3. The first-order valence-corrected chi connectivity index (χ1v) is 17.3. The van der Waals surface area contributed by atoms with Crippen LogP contribution in [0.2, 0.25) is 0 Å². The molecule has 0 unspecified atom stereocenters. The first-order valence-electron chi connectivity index (χ1n) is 15.9. The first kappa shape index (κ1) is 39.8. The average Bonchev–Trinajstić information content (AvgIpc) is 3.04. The van der Waals surface area contributed by atoms with E-state index in [-0.39, 0.29) is 35.5 Å². The maximum absolute atomic E-state index is 13.5. The summed E-state index contributed by atoms with van der Waals surface area (Å²) in [5.74, 6) is -2.56. The molecule has 0 aliphatic carbocycles. The van der Waals surface area contributed by atoms with Gasteiger partial charge in [-0.25, -0.2) is 5.48 Å². The molecule has 12 heteroatoms. The number of nitrogens with zero attached hydrogens (tertiary/aromatic N) is 2. The Kier molecular flexibility index (Phi) is 16.6. The van der Waals surface area contributed by atoms with E-state index in [4.69, 9.17) is 4.55 Å². The second-order valence-corrected chi connectivity index (χ2v) is 13.8. The monoisotopic (exact) mass is 680 g/mol. The summed E-state index contributed by atoms with van der Waals surface area (Å²) in [6, 6.07) is 19.4. The van der Waals surface area contributed by atoms with Gasteiger partial charge in [0.25, 0.3) is 10.1 Å². The van der Waals surface area contributed by atoms with Gasteiger partial charge in [-0.15, -0.1) is 0 Å². The fourth-order valence-corrected chi connectivity index (χ4v) is 5.33. The maximum atomic E-state index is 13.5. The zero-order chi connectivity index (χ0) is 35.7. The summed E-state index contributed by atoms with van der Waals surface area (Å²) in [7, 11) is -4.02. The largest absolute Gasteiger partial charge is 0.294 e. The van der Waals surface area contributed by atoms with Crippen molar-refractivity contribution in [3.63, 3.8) is 0 Å². The Hall–Kier alpha value is -4.39. The molecular weight excluding hydrogens is 632 g/mol. The van der Waals surface area contributed by atoms with Crippen LogP contribution in [0.1, 0.15) is 63.6 Å². The lowest BCUT2D eigenvalue weighted by molar-refractivity contribution is -0.147. The van der Waals surface area contributed by atoms with Crippen LogP contribution in [-0.2, 0) is 30.9 Å². The highest BCUT2D eigenvalue weighted by molar-refractivity contribution is 7.85. The van der Waals surface area contributed by atoms with E-state index < -0.39 is 33.8 Å². The Morgan fingerprint density at radius 3 is 2.10 bits per heavy atom. The van der Waals surface area contributed by atoms with E-state index in [0.29, 0.717) is 19.4 Å². The Bertz CT molecular complexity index is 1560. The highest BCUT2D eigenvalue weighted by atomic mass is 32.2. The van der Waals surface area contributed by atoms with Gasteiger partial charge in [-0.3, -0.25) is 39.6 Å². The van der Waals surface area contributed by atoms with E-state index in [1.165, 1.54) is 17.1 Å². The molecule has 0 spiro atoms. The summed E-state index contributed by atoms with van der Waals surface area (Å²) in [6.45, 7) is 10.1. The van der Waals surface area contributed by atoms with E-state index in [2.05, 4.69) is 10.4 Å². The van der Waals surface area contributed by atoms with Gasteiger partial charge in [0.15, 0.2) is 0 Å². The minimum Gasteiger partial charge on any atom is -0.289 e. The standard InChI is InChI=1S/C29H40N4O4.C7H8O3S/c1-21(2)18-26(25(29(36)32-37)14-8-12-23-10-6-5-7-11-23)28(35)31-33(20-22(3)4)27(34)16-15-24-13-9-17-30-19-24;1-6-2-4-7(5-3-6)11(8,9)10/h5-13,17,19,21-22,25-26,37H,14-16,18,20H2,1-4H3,(H,31,35)(H,32,36);2-5H,1H3,(H,8,9,10)/t25-,26+;/m0./s1. The molecule has 0 aliphatic heterocycles. The molecule has 48 heavy (non-hydrogen) atoms.